The van der Waals surface area contributed by atoms with Gasteiger partial charge in [0.05, 0.1) is 0 Å². The molecule has 1 unspecified atom stereocenters. The van der Waals surface area contributed by atoms with Crippen LogP contribution < -0.4 is 15.8 Å². The van der Waals surface area contributed by atoms with Crippen molar-refractivity contribution in [3.05, 3.63) is 29.8 Å². The van der Waals surface area contributed by atoms with Crippen LogP contribution in [0.15, 0.2) is 24.3 Å². The predicted octanol–water partition coefficient (Wildman–Crippen LogP) is 2.86. The molecular formula is C17H28N2O2. The van der Waals surface area contributed by atoms with Crippen LogP contribution in [0.2, 0.25) is 0 Å². The van der Waals surface area contributed by atoms with Crippen molar-refractivity contribution in [1.29, 1.82) is 0 Å². The van der Waals surface area contributed by atoms with Crippen molar-refractivity contribution in [3.8, 4) is 5.75 Å². The number of rotatable bonds is 11. The third-order valence-electron chi connectivity index (χ3n) is 3.61. The zero-order chi connectivity index (χ0) is 15.5. The highest BCUT2D eigenvalue weighted by Crippen LogP contribution is 2.13. The summed E-state index contributed by atoms with van der Waals surface area (Å²) in [7, 11) is 0. The molecule has 0 aromatic heterocycles. The summed E-state index contributed by atoms with van der Waals surface area (Å²) in [5.74, 6) is 0.980. The van der Waals surface area contributed by atoms with Crippen molar-refractivity contribution >= 4 is 5.91 Å². The van der Waals surface area contributed by atoms with E-state index in [9.17, 15) is 4.79 Å². The van der Waals surface area contributed by atoms with E-state index in [1.54, 1.807) is 0 Å². The van der Waals surface area contributed by atoms with Gasteiger partial charge in [0.2, 0.25) is 0 Å². The van der Waals surface area contributed by atoms with Gasteiger partial charge in [-0.25, -0.2) is 0 Å². The van der Waals surface area contributed by atoms with Crippen LogP contribution in [0.25, 0.3) is 0 Å². The molecule has 4 nitrogen and oxygen atoms in total. The lowest BCUT2D eigenvalue weighted by molar-refractivity contribution is -0.119. The minimum absolute atomic E-state index is 0.0762. The van der Waals surface area contributed by atoms with Gasteiger partial charge in [0, 0.05) is 6.54 Å². The summed E-state index contributed by atoms with van der Waals surface area (Å²) in [6.45, 7) is 6.34. The first-order chi connectivity index (χ1) is 10.2. The molecule has 0 spiro atoms. The minimum atomic E-state index is -0.460. The number of hydrogen-bond donors (Lipinski definition) is 2. The number of carbonyl (C=O) groups excluding carboxylic acids is 1. The molecule has 0 heterocycles. The monoisotopic (exact) mass is 292 g/mol. The van der Waals surface area contributed by atoms with Crippen molar-refractivity contribution in [2.24, 2.45) is 11.7 Å². The molecular weight excluding hydrogens is 264 g/mol. The van der Waals surface area contributed by atoms with E-state index in [1.807, 2.05) is 24.3 Å². The number of benzene rings is 1. The average Bonchev–Trinajstić information content (AvgIpc) is 2.49. The van der Waals surface area contributed by atoms with Gasteiger partial charge >= 0.3 is 0 Å². The third-order valence-corrected chi connectivity index (χ3v) is 3.61. The number of nitrogens with two attached hydrogens (primary N) is 1. The van der Waals surface area contributed by atoms with Crippen molar-refractivity contribution < 1.29 is 9.53 Å². The topological polar surface area (TPSA) is 64.3 Å². The highest BCUT2D eigenvalue weighted by atomic mass is 16.5. The Hall–Kier alpha value is -1.55. The fourth-order valence-corrected chi connectivity index (χ4v) is 2.22. The molecule has 4 heteroatoms. The average molecular weight is 292 g/mol. The lowest BCUT2D eigenvalue weighted by Crippen LogP contribution is -2.22. The number of ether oxygens (including phenoxy) is 1. The highest BCUT2D eigenvalue weighted by molar-refractivity contribution is 5.75. The number of amides is 1. The summed E-state index contributed by atoms with van der Waals surface area (Å²) in [6, 6.07) is 7.76. The molecule has 0 aliphatic carbocycles. The quantitative estimate of drug-likeness (QED) is 0.659. The van der Waals surface area contributed by atoms with Crippen molar-refractivity contribution in [2.45, 2.75) is 46.1 Å². The Kier molecular flexibility index (Phi) is 8.51. The molecule has 0 saturated heterocycles. The van der Waals surface area contributed by atoms with Crippen LogP contribution >= 0.6 is 0 Å². The minimum Gasteiger partial charge on any atom is -0.484 e. The number of nitrogens with one attached hydrogen (secondary N) is 1. The Morgan fingerprint density at radius 2 is 2.00 bits per heavy atom. The van der Waals surface area contributed by atoms with Crippen LogP contribution in [0.1, 0.15) is 45.1 Å². The molecule has 1 rings (SSSR count). The first-order valence-corrected chi connectivity index (χ1v) is 7.86. The van der Waals surface area contributed by atoms with Crippen molar-refractivity contribution in [2.75, 3.05) is 13.2 Å². The van der Waals surface area contributed by atoms with Crippen LogP contribution in [0.4, 0.5) is 0 Å². The summed E-state index contributed by atoms with van der Waals surface area (Å²) < 4.78 is 5.23. The third kappa shape index (κ3) is 7.71. The van der Waals surface area contributed by atoms with Gasteiger partial charge in [-0.3, -0.25) is 4.79 Å². The maximum absolute atomic E-state index is 10.6. The fraction of sp³-hybridized carbons (Fsp3) is 0.588. The first-order valence-electron chi connectivity index (χ1n) is 7.86. The Morgan fingerprint density at radius 1 is 1.29 bits per heavy atom. The predicted molar refractivity (Wildman–Crippen MR) is 86.1 cm³/mol. The van der Waals surface area contributed by atoms with Crippen LogP contribution in [-0.2, 0) is 11.3 Å². The van der Waals surface area contributed by atoms with Gasteiger partial charge in [-0.15, -0.1) is 0 Å². The van der Waals surface area contributed by atoms with E-state index >= 15 is 0 Å². The summed E-state index contributed by atoms with van der Waals surface area (Å²) in [6.07, 6.45) is 5.11. The standard InChI is InChI=1S/C17H28N2O2/c1-3-5-6-14(4-2)11-19-12-15-7-9-16(10-8-15)21-13-17(18)20/h7-10,14,19H,3-6,11-13H2,1-2H3,(H2,18,20). The molecule has 21 heavy (non-hydrogen) atoms. The maximum Gasteiger partial charge on any atom is 0.255 e. The molecule has 118 valence electrons. The van der Waals surface area contributed by atoms with Gasteiger partial charge in [-0.1, -0.05) is 45.2 Å². The van der Waals surface area contributed by atoms with Crippen molar-refractivity contribution in [1.82, 2.24) is 5.32 Å². The Balaban J connectivity index is 2.30. The number of unbranched alkanes of at least 4 members (excludes halogenated alkanes) is 1. The van der Waals surface area contributed by atoms with E-state index in [0.29, 0.717) is 5.75 Å². The molecule has 1 amide bonds. The second-order valence-corrected chi connectivity index (χ2v) is 5.45. The van der Waals surface area contributed by atoms with E-state index < -0.39 is 5.91 Å². The highest BCUT2D eigenvalue weighted by Gasteiger charge is 2.05. The molecule has 0 aliphatic rings. The SMILES string of the molecule is CCCCC(CC)CNCc1ccc(OCC(N)=O)cc1. The molecule has 1 aromatic carbocycles. The number of primary amides is 1. The number of hydrogen-bond acceptors (Lipinski definition) is 3. The van der Waals surface area contributed by atoms with Crippen LogP contribution in [0.3, 0.4) is 0 Å². The first kappa shape index (κ1) is 17.5. The van der Waals surface area contributed by atoms with E-state index in [-0.39, 0.29) is 6.61 Å². The van der Waals surface area contributed by atoms with Gasteiger partial charge < -0.3 is 15.8 Å². The molecule has 0 aliphatic heterocycles. The van der Waals surface area contributed by atoms with Crippen LogP contribution in [0, 0.1) is 5.92 Å². The summed E-state index contributed by atoms with van der Waals surface area (Å²) >= 11 is 0. The molecule has 0 fully saturated rings. The lowest BCUT2D eigenvalue weighted by Gasteiger charge is -2.15. The normalized spacial score (nSPS) is 12.1. The second kappa shape index (κ2) is 10.2. The molecule has 1 aromatic rings. The van der Waals surface area contributed by atoms with Gasteiger partial charge in [-0.2, -0.15) is 0 Å². The zero-order valence-electron chi connectivity index (χ0n) is 13.2. The van der Waals surface area contributed by atoms with Gasteiger partial charge in [0.15, 0.2) is 6.61 Å². The second-order valence-electron chi connectivity index (χ2n) is 5.45. The van der Waals surface area contributed by atoms with E-state index in [2.05, 4.69) is 19.2 Å². The van der Waals surface area contributed by atoms with E-state index in [4.69, 9.17) is 10.5 Å². The Labute approximate surface area is 128 Å². The Morgan fingerprint density at radius 3 is 2.57 bits per heavy atom. The van der Waals surface area contributed by atoms with Gasteiger partial charge in [-0.05, 0) is 36.6 Å². The van der Waals surface area contributed by atoms with E-state index in [1.165, 1.54) is 31.2 Å². The largest absolute Gasteiger partial charge is 0.484 e. The summed E-state index contributed by atoms with van der Waals surface area (Å²) in [5.41, 5.74) is 6.25. The summed E-state index contributed by atoms with van der Waals surface area (Å²) in [5, 5.41) is 3.52. The number of carbonyl (C=O) groups is 1. The van der Waals surface area contributed by atoms with Crippen LogP contribution in [-0.4, -0.2) is 19.1 Å². The van der Waals surface area contributed by atoms with Crippen LogP contribution in [0.5, 0.6) is 5.75 Å². The fourth-order valence-electron chi connectivity index (χ4n) is 2.22. The molecule has 0 bridgehead atoms. The summed E-state index contributed by atoms with van der Waals surface area (Å²) in [4.78, 5) is 10.6. The van der Waals surface area contributed by atoms with Crippen molar-refractivity contribution in [3.63, 3.8) is 0 Å². The molecule has 0 radical (unpaired) electrons. The maximum atomic E-state index is 10.6. The lowest BCUT2D eigenvalue weighted by atomic mass is 9.99. The zero-order valence-corrected chi connectivity index (χ0v) is 13.2. The molecule has 0 saturated carbocycles. The molecule has 1 atom stereocenters. The molecule has 3 N–H and O–H groups in total. The van der Waals surface area contributed by atoms with Gasteiger partial charge in [0.25, 0.3) is 5.91 Å². The van der Waals surface area contributed by atoms with E-state index in [0.717, 1.165) is 19.0 Å². The smallest absolute Gasteiger partial charge is 0.255 e. The Bertz CT molecular complexity index is 404. The van der Waals surface area contributed by atoms with Gasteiger partial charge in [0.1, 0.15) is 5.75 Å².